The lowest BCUT2D eigenvalue weighted by Crippen LogP contribution is -2.56. The number of sulfonamides is 1. The number of thiocarbonyl (C=S) groups is 1. The maximum atomic E-state index is 14.5. The van der Waals surface area contributed by atoms with Crippen LogP contribution in [-0.2, 0) is 70.3 Å². The minimum atomic E-state index is -4.35. The van der Waals surface area contributed by atoms with E-state index in [1.807, 2.05) is 54.6 Å². The zero-order valence-corrected chi connectivity index (χ0v) is 48.0. The molecule has 9 N–H and O–H groups in total. The number of carboxylic acids is 1. The number of pyridine rings is 2. The van der Waals surface area contributed by atoms with Crippen molar-refractivity contribution in [2.45, 2.75) is 81.8 Å². The third-order valence-electron chi connectivity index (χ3n) is 15.0. The number of para-hydroxylation sites is 3. The van der Waals surface area contributed by atoms with Gasteiger partial charge in [0, 0.05) is 46.2 Å². The molecule has 0 radical (unpaired) electrons. The van der Waals surface area contributed by atoms with Gasteiger partial charge in [0.1, 0.15) is 24.7 Å². The molecule has 0 fully saturated rings. The van der Waals surface area contributed by atoms with E-state index in [1.54, 1.807) is 92.1 Å². The van der Waals surface area contributed by atoms with Crippen molar-refractivity contribution < 1.29 is 47.0 Å². The quantitative estimate of drug-likeness (QED) is 0.0284. The number of cyclic esters (lactones) is 1. The van der Waals surface area contributed by atoms with Gasteiger partial charge in [-0.05, 0) is 114 Å². The van der Waals surface area contributed by atoms with Gasteiger partial charge in [-0.2, -0.15) is 4.72 Å². The number of rotatable bonds is 19. The highest BCUT2D eigenvalue weighted by Crippen LogP contribution is 2.41. The summed E-state index contributed by atoms with van der Waals surface area (Å²) in [4.78, 5) is 101. The van der Waals surface area contributed by atoms with Crippen LogP contribution in [0.3, 0.4) is 0 Å². The van der Waals surface area contributed by atoms with Crippen molar-refractivity contribution >= 4 is 96.5 Å². The van der Waals surface area contributed by atoms with Crippen LogP contribution in [0.15, 0.2) is 156 Å². The van der Waals surface area contributed by atoms with Gasteiger partial charge in [0.2, 0.25) is 27.5 Å². The van der Waals surface area contributed by atoms with Crippen LogP contribution in [-0.4, -0.2) is 96.1 Å². The van der Waals surface area contributed by atoms with Crippen LogP contribution in [0.1, 0.15) is 55.1 Å². The van der Waals surface area contributed by atoms with E-state index in [9.17, 15) is 42.3 Å². The molecule has 2 unspecified atom stereocenters. The third kappa shape index (κ3) is 12.0. The zero-order valence-electron chi connectivity index (χ0n) is 46.3. The number of esters is 2. The van der Waals surface area contributed by atoms with E-state index in [-0.39, 0.29) is 59.5 Å². The summed E-state index contributed by atoms with van der Waals surface area (Å²) in [5.74, 6) is -4.20. The Morgan fingerprint density at radius 1 is 0.814 bits per heavy atom. The molecule has 0 bridgehead atoms. The molecule has 2 aliphatic rings. The first-order chi connectivity index (χ1) is 41.3. The van der Waals surface area contributed by atoms with Gasteiger partial charge in [0.05, 0.1) is 51.3 Å². The molecule has 86 heavy (non-hydrogen) atoms. The molecule has 9 aromatic rings. The fourth-order valence-corrected chi connectivity index (χ4v) is 11.9. The van der Waals surface area contributed by atoms with Crippen LogP contribution in [0.4, 0.5) is 22.1 Å². The van der Waals surface area contributed by atoms with Crippen molar-refractivity contribution in [1.29, 1.82) is 0 Å². The number of hydrogen-bond donors (Lipinski definition) is 9. The van der Waals surface area contributed by atoms with E-state index < -0.39 is 75.1 Å². The van der Waals surface area contributed by atoms with E-state index >= 15 is 0 Å². The molecule has 4 atom stereocenters. The highest BCUT2D eigenvalue weighted by Gasteiger charge is 2.51. The van der Waals surface area contributed by atoms with Gasteiger partial charge in [-0.25, -0.2) is 37.8 Å². The number of H-pyrrole nitrogens is 2. The number of hydrogen-bond acceptors (Lipinski definition) is 14. The standard InChI is InChI=1S/C61H56N12O11S2/c1-4-61(44-28-50-52-38(25-37-10-5-6-13-45(37)66-52)30-73(50)54(75)43(44)31-83-57(61)79)84-56(78)51(33(2)3)70-53(74)48(27-41-29-62-32-63-41)69-60(85)65-39-20-16-34(17-21-39)24-49(55(76)77)72-86(81,82)42-22-18-35(19-23-42)36-11-9-12-40(26-36)64-59(80)71-58-67-46-14-7-8-15-47(46)68-58/h5-23,25-26,28-29,32-33,48-49,51,72H,4,24,27,30-31H2,1-3H3,(H,62,63)(H,70,74)(H,76,77)(H2,65,69,85)(H3,64,67,68,71,80)/t48?,49?,51-,61-/m0/s1. The molecule has 4 aromatic heterocycles. The van der Waals surface area contributed by atoms with Crippen molar-refractivity contribution in [2.75, 3.05) is 16.0 Å². The predicted octanol–water partition coefficient (Wildman–Crippen LogP) is 7.25. The number of fused-ring (bicyclic) bond motifs is 6. The van der Waals surface area contributed by atoms with Gasteiger partial charge in [-0.3, -0.25) is 19.7 Å². The van der Waals surface area contributed by atoms with Crippen molar-refractivity contribution in [3.63, 3.8) is 0 Å². The summed E-state index contributed by atoms with van der Waals surface area (Å²) in [6, 6.07) is 33.2. The lowest BCUT2D eigenvalue weighted by Gasteiger charge is -2.37. The molecule has 438 valence electrons. The summed E-state index contributed by atoms with van der Waals surface area (Å²) in [5.41, 5.74) is 5.13. The smallest absolute Gasteiger partial charge is 0.355 e. The third-order valence-corrected chi connectivity index (χ3v) is 16.7. The zero-order chi connectivity index (χ0) is 60.4. The minimum absolute atomic E-state index is 0.00972. The van der Waals surface area contributed by atoms with E-state index in [0.717, 1.165) is 22.0 Å². The summed E-state index contributed by atoms with van der Waals surface area (Å²) >= 11 is 5.68. The number of aromatic nitrogens is 6. The molecule has 0 spiro atoms. The maximum absolute atomic E-state index is 14.5. The van der Waals surface area contributed by atoms with Crippen LogP contribution >= 0.6 is 12.2 Å². The van der Waals surface area contributed by atoms with Gasteiger partial charge in [-0.15, -0.1) is 0 Å². The number of carbonyl (C=O) groups is 5. The van der Waals surface area contributed by atoms with Gasteiger partial charge < -0.3 is 50.4 Å². The molecule has 23 nitrogen and oxygen atoms in total. The summed E-state index contributed by atoms with van der Waals surface area (Å²) in [6.45, 7) is 4.96. The number of amides is 3. The van der Waals surface area contributed by atoms with Crippen LogP contribution in [0, 0.1) is 5.92 Å². The average molecular weight is 1200 g/mol. The number of nitrogens with one attached hydrogen (secondary N) is 8. The fourth-order valence-electron chi connectivity index (χ4n) is 10.5. The highest BCUT2D eigenvalue weighted by atomic mass is 32.2. The number of urea groups is 1. The fraction of sp³-hybridized carbons (Fsp3) is 0.213. The highest BCUT2D eigenvalue weighted by molar-refractivity contribution is 7.89. The summed E-state index contributed by atoms with van der Waals surface area (Å²) in [6.07, 6.45) is 2.65. The Balaban J connectivity index is 0.721. The second-order valence-electron chi connectivity index (χ2n) is 21.0. The molecule has 25 heteroatoms. The molecular formula is C61H56N12O11S2. The Bertz CT molecular complexity index is 4290. The molecule has 3 amide bonds. The van der Waals surface area contributed by atoms with Crippen LogP contribution in [0.25, 0.3) is 44.5 Å². The number of aliphatic carboxylic acids is 1. The average Bonchev–Trinajstić information content (AvgIpc) is 1.50. The van der Waals surface area contributed by atoms with Gasteiger partial charge >= 0.3 is 23.9 Å². The van der Waals surface area contributed by atoms with Crippen LogP contribution in [0.2, 0.25) is 0 Å². The first-order valence-corrected chi connectivity index (χ1v) is 29.2. The van der Waals surface area contributed by atoms with Crippen LogP contribution < -0.4 is 36.9 Å². The van der Waals surface area contributed by atoms with E-state index in [0.29, 0.717) is 50.7 Å². The molecule has 5 aromatic carbocycles. The molecule has 11 rings (SSSR count). The van der Waals surface area contributed by atoms with Crippen molar-refractivity contribution in [3.8, 4) is 22.5 Å². The number of nitrogens with zero attached hydrogens (tertiary/aromatic N) is 4. The molecule has 6 heterocycles. The number of carbonyl (C=O) groups excluding carboxylic acids is 4. The molecule has 0 saturated heterocycles. The monoisotopic (exact) mass is 1200 g/mol. The van der Waals surface area contributed by atoms with Crippen molar-refractivity contribution in [2.24, 2.45) is 5.92 Å². The number of anilines is 3. The van der Waals surface area contributed by atoms with E-state index in [1.165, 1.54) is 24.7 Å². The SMILES string of the molecule is CC[C@@]1(OC(=O)[C@@H](NC(=O)C(Cc2cnc[nH]2)NC(=S)Nc2ccc(CC(NS(=O)(=O)c3ccc(-c4cccc(NC(=O)Nc5nc6ccccc6[nH]5)c4)cc3)C(=O)O)cc2)C(C)C)C(=O)OCc2c1cc1n(c2=O)Cc2cc3ccccc3nc2-1. The molecule has 0 aliphatic carbocycles. The largest absolute Gasteiger partial charge is 0.480 e. The Labute approximate surface area is 496 Å². The number of ether oxygens (including phenoxy) is 2. The summed E-state index contributed by atoms with van der Waals surface area (Å²) in [5, 5.41) is 25.3. The van der Waals surface area contributed by atoms with Gasteiger partial charge in [-0.1, -0.05) is 87.5 Å². The lowest BCUT2D eigenvalue weighted by atomic mass is 9.85. The second-order valence-corrected chi connectivity index (χ2v) is 23.2. The first-order valence-electron chi connectivity index (χ1n) is 27.3. The molecule has 0 saturated carbocycles. The second kappa shape index (κ2) is 23.9. The molecule has 2 aliphatic heterocycles. The van der Waals surface area contributed by atoms with Gasteiger partial charge in [0.15, 0.2) is 5.11 Å². The maximum Gasteiger partial charge on any atom is 0.355 e. The normalized spacial score (nSPS) is 15.3. The topological polar surface area (TPSA) is 323 Å². The van der Waals surface area contributed by atoms with Crippen LogP contribution in [0.5, 0.6) is 0 Å². The van der Waals surface area contributed by atoms with Crippen molar-refractivity contribution in [3.05, 3.63) is 184 Å². The van der Waals surface area contributed by atoms with Crippen molar-refractivity contribution in [1.82, 2.24) is 44.8 Å². The summed E-state index contributed by atoms with van der Waals surface area (Å²) < 4.78 is 42.9. The Morgan fingerprint density at radius 2 is 1.57 bits per heavy atom. The van der Waals surface area contributed by atoms with E-state index in [2.05, 4.69) is 51.2 Å². The number of benzene rings is 5. The molecular weight excluding hydrogens is 1140 g/mol. The Morgan fingerprint density at radius 3 is 2.29 bits per heavy atom. The van der Waals surface area contributed by atoms with Gasteiger partial charge in [0.25, 0.3) is 5.56 Å². The number of carboxylic acid groups (broad SMARTS) is 1. The first kappa shape index (κ1) is 57.7. The number of imidazole rings is 2. The number of aromatic amines is 2. The lowest BCUT2D eigenvalue weighted by molar-refractivity contribution is -0.191. The Hall–Kier alpha value is -10.1. The Kier molecular flexibility index (Phi) is 16.0. The minimum Gasteiger partial charge on any atom is -0.480 e. The summed E-state index contributed by atoms with van der Waals surface area (Å²) in [7, 11) is -4.35. The predicted molar refractivity (Wildman–Crippen MR) is 323 cm³/mol. The van der Waals surface area contributed by atoms with E-state index in [4.69, 9.17) is 26.7 Å².